The third kappa shape index (κ3) is 5.29. The first kappa shape index (κ1) is 23.3. The van der Waals surface area contributed by atoms with Crippen molar-refractivity contribution in [2.45, 2.75) is 26.1 Å². The summed E-state index contributed by atoms with van der Waals surface area (Å²) in [4.78, 5) is 21.0. The lowest BCUT2D eigenvalue weighted by molar-refractivity contribution is -0.142. The summed E-state index contributed by atoms with van der Waals surface area (Å²) in [5, 5.41) is 0. The SMILES string of the molecule is CC(=O)OCc1nc2cc(CN3CCN(C(c4ccccc4)c4ccccc4)CC3)ccc2n1C. The fourth-order valence-electron chi connectivity index (χ4n) is 5.01. The number of carbonyl (C=O) groups excluding carboxylic acids is 1. The van der Waals surface area contributed by atoms with Crippen molar-refractivity contribution in [2.24, 2.45) is 7.05 Å². The van der Waals surface area contributed by atoms with Gasteiger partial charge in [-0.05, 0) is 28.8 Å². The molecule has 0 radical (unpaired) electrons. The van der Waals surface area contributed by atoms with E-state index in [4.69, 9.17) is 9.72 Å². The second kappa shape index (κ2) is 10.4. The van der Waals surface area contributed by atoms with Gasteiger partial charge in [-0.1, -0.05) is 66.7 Å². The van der Waals surface area contributed by atoms with Crippen LogP contribution in [0.4, 0.5) is 0 Å². The standard InChI is InChI=1S/C29H32N4O2/c1-22(34)35-21-28-30-26-19-23(13-14-27(26)31(28)2)20-32-15-17-33(18-16-32)29(24-9-5-3-6-10-24)25-11-7-4-8-12-25/h3-14,19,29H,15-18,20-21H2,1-2H3. The van der Waals surface area contributed by atoms with Crippen LogP contribution in [0.2, 0.25) is 0 Å². The molecule has 0 atom stereocenters. The predicted molar refractivity (Wildman–Crippen MR) is 138 cm³/mol. The lowest BCUT2D eigenvalue weighted by Crippen LogP contribution is -2.47. The molecular formula is C29H32N4O2. The van der Waals surface area contributed by atoms with E-state index in [1.807, 2.05) is 11.6 Å². The van der Waals surface area contributed by atoms with Gasteiger partial charge >= 0.3 is 5.97 Å². The third-order valence-electron chi connectivity index (χ3n) is 6.85. The van der Waals surface area contributed by atoms with Gasteiger partial charge in [0.1, 0.15) is 12.4 Å². The van der Waals surface area contributed by atoms with E-state index < -0.39 is 0 Å². The summed E-state index contributed by atoms with van der Waals surface area (Å²) in [5.74, 6) is 0.465. The van der Waals surface area contributed by atoms with E-state index in [9.17, 15) is 4.79 Å². The third-order valence-corrected chi connectivity index (χ3v) is 6.85. The van der Waals surface area contributed by atoms with Crippen molar-refractivity contribution in [3.63, 3.8) is 0 Å². The van der Waals surface area contributed by atoms with E-state index in [0.717, 1.165) is 49.6 Å². The Kier molecular flexibility index (Phi) is 6.93. The van der Waals surface area contributed by atoms with Crippen LogP contribution in [0.15, 0.2) is 78.9 Å². The quantitative estimate of drug-likeness (QED) is 0.373. The van der Waals surface area contributed by atoms with Crippen molar-refractivity contribution in [3.05, 3.63) is 101 Å². The first-order valence-corrected chi connectivity index (χ1v) is 12.2. The first-order chi connectivity index (χ1) is 17.1. The van der Waals surface area contributed by atoms with Crippen LogP contribution in [-0.2, 0) is 29.7 Å². The first-order valence-electron chi connectivity index (χ1n) is 12.2. The molecule has 1 fully saturated rings. The van der Waals surface area contributed by atoms with Crippen LogP contribution in [0.3, 0.4) is 0 Å². The zero-order valence-corrected chi connectivity index (χ0v) is 20.4. The van der Waals surface area contributed by atoms with E-state index in [2.05, 4.69) is 88.7 Å². The smallest absolute Gasteiger partial charge is 0.303 e. The van der Waals surface area contributed by atoms with Crippen molar-refractivity contribution in [3.8, 4) is 0 Å². The molecule has 6 heteroatoms. The summed E-state index contributed by atoms with van der Waals surface area (Å²) in [6, 6.07) is 28.4. The molecule has 0 aliphatic carbocycles. The summed E-state index contributed by atoms with van der Waals surface area (Å²) >= 11 is 0. The number of hydrogen-bond donors (Lipinski definition) is 0. The summed E-state index contributed by atoms with van der Waals surface area (Å²) in [5.41, 5.74) is 5.94. The molecule has 4 aromatic rings. The van der Waals surface area contributed by atoms with Crippen LogP contribution in [0.5, 0.6) is 0 Å². The molecule has 0 unspecified atom stereocenters. The molecule has 35 heavy (non-hydrogen) atoms. The van der Waals surface area contributed by atoms with Gasteiger partial charge in [-0.25, -0.2) is 4.98 Å². The molecule has 0 N–H and O–H groups in total. The lowest BCUT2D eigenvalue weighted by Gasteiger charge is -2.39. The number of fused-ring (bicyclic) bond motifs is 1. The second-order valence-corrected chi connectivity index (χ2v) is 9.23. The van der Waals surface area contributed by atoms with Crippen molar-refractivity contribution < 1.29 is 9.53 Å². The summed E-state index contributed by atoms with van der Waals surface area (Å²) in [6.45, 7) is 6.60. The van der Waals surface area contributed by atoms with Gasteiger partial charge in [0.25, 0.3) is 0 Å². The van der Waals surface area contributed by atoms with Crippen LogP contribution in [-0.4, -0.2) is 51.5 Å². The number of imidazole rings is 1. The summed E-state index contributed by atoms with van der Waals surface area (Å²) < 4.78 is 7.14. The topological polar surface area (TPSA) is 50.6 Å². The number of carbonyl (C=O) groups is 1. The molecule has 180 valence electrons. The number of rotatable bonds is 7. The van der Waals surface area contributed by atoms with Gasteiger partial charge in [-0.15, -0.1) is 0 Å². The number of esters is 1. The Morgan fingerprint density at radius 1 is 0.914 bits per heavy atom. The van der Waals surface area contributed by atoms with E-state index >= 15 is 0 Å². The van der Waals surface area contributed by atoms with E-state index in [1.165, 1.54) is 23.6 Å². The van der Waals surface area contributed by atoms with Crippen molar-refractivity contribution in [1.29, 1.82) is 0 Å². The number of aromatic nitrogens is 2. The maximum Gasteiger partial charge on any atom is 0.303 e. The highest BCUT2D eigenvalue weighted by molar-refractivity contribution is 5.77. The van der Waals surface area contributed by atoms with E-state index in [1.54, 1.807) is 0 Å². The fourth-order valence-corrected chi connectivity index (χ4v) is 5.01. The number of piperazine rings is 1. The Morgan fingerprint density at radius 2 is 1.54 bits per heavy atom. The average Bonchev–Trinajstić information content (AvgIpc) is 3.20. The van der Waals surface area contributed by atoms with Gasteiger partial charge in [0.05, 0.1) is 17.1 Å². The highest BCUT2D eigenvalue weighted by atomic mass is 16.5. The number of nitrogens with zero attached hydrogens (tertiary/aromatic N) is 4. The number of aryl methyl sites for hydroxylation is 1. The Hall–Kier alpha value is -3.48. The predicted octanol–water partition coefficient (Wildman–Crippen LogP) is 4.54. The van der Waals surface area contributed by atoms with Crippen LogP contribution in [0.1, 0.15) is 35.5 Å². The van der Waals surface area contributed by atoms with Crippen LogP contribution < -0.4 is 0 Å². The van der Waals surface area contributed by atoms with Crippen LogP contribution in [0.25, 0.3) is 11.0 Å². The Balaban J connectivity index is 1.26. The lowest BCUT2D eigenvalue weighted by atomic mass is 9.96. The van der Waals surface area contributed by atoms with E-state index in [0.29, 0.717) is 0 Å². The molecular weight excluding hydrogens is 436 g/mol. The Labute approximate surface area is 206 Å². The molecule has 2 heterocycles. The average molecular weight is 469 g/mol. The molecule has 0 amide bonds. The van der Waals surface area contributed by atoms with Crippen LogP contribution in [0, 0.1) is 0 Å². The van der Waals surface area contributed by atoms with Gasteiger partial charge in [-0.2, -0.15) is 0 Å². The van der Waals surface area contributed by atoms with Crippen molar-refractivity contribution >= 4 is 17.0 Å². The van der Waals surface area contributed by atoms with Gasteiger partial charge in [-0.3, -0.25) is 14.6 Å². The molecule has 1 aliphatic rings. The summed E-state index contributed by atoms with van der Waals surface area (Å²) in [7, 11) is 1.96. The highest BCUT2D eigenvalue weighted by Gasteiger charge is 2.26. The maximum absolute atomic E-state index is 11.2. The molecule has 0 saturated carbocycles. The van der Waals surface area contributed by atoms with Crippen LogP contribution >= 0.6 is 0 Å². The largest absolute Gasteiger partial charge is 0.458 e. The molecule has 1 aliphatic heterocycles. The maximum atomic E-state index is 11.2. The zero-order valence-electron chi connectivity index (χ0n) is 20.4. The van der Waals surface area contributed by atoms with Gasteiger partial charge in [0.15, 0.2) is 0 Å². The number of hydrogen-bond acceptors (Lipinski definition) is 5. The van der Waals surface area contributed by atoms with Gasteiger partial charge in [0, 0.05) is 46.7 Å². The molecule has 0 spiro atoms. The molecule has 1 saturated heterocycles. The van der Waals surface area contributed by atoms with Crippen molar-refractivity contribution in [1.82, 2.24) is 19.4 Å². The number of ether oxygens (including phenoxy) is 1. The fraction of sp³-hybridized carbons (Fsp3) is 0.310. The number of benzene rings is 3. The molecule has 1 aromatic heterocycles. The van der Waals surface area contributed by atoms with Crippen molar-refractivity contribution in [2.75, 3.05) is 26.2 Å². The molecule has 5 rings (SSSR count). The normalized spacial score (nSPS) is 15.1. The molecule has 3 aromatic carbocycles. The monoisotopic (exact) mass is 468 g/mol. The molecule has 0 bridgehead atoms. The zero-order chi connectivity index (χ0) is 24.2. The van der Waals surface area contributed by atoms with Gasteiger partial charge < -0.3 is 9.30 Å². The van der Waals surface area contributed by atoms with E-state index in [-0.39, 0.29) is 18.6 Å². The highest BCUT2D eigenvalue weighted by Crippen LogP contribution is 2.29. The minimum atomic E-state index is -0.293. The Bertz CT molecular complexity index is 1240. The minimum absolute atomic E-state index is 0.196. The Morgan fingerprint density at radius 3 is 2.14 bits per heavy atom. The van der Waals surface area contributed by atoms with Gasteiger partial charge in [0.2, 0.25) is 0 Å². The summed E-state index contributed by atoms with van der Waals surface area (Å²) in [6.07, 6.45) is 0. The second-order valence-electron chi connectivity index (χ2n) is 9.23. The molecule has 6 nitrogen and oxygen atoms in total. The minimum Gasteiger partial charge on any atom is -0.458 e.